The number of rotatable bonds is 4. The van der Waals surface area contributed by atoms with Crippen molar-refractivity contribution in [2.45, 2.75) is 39.0 Å². The molecule has 2 aromatic rings. The van der Waals surface area contributed by atoms with Gasteiger partial charge in [-0.1, -0.05) is 0 Å². The molecule has 6 nitrogen and oxygen atoms in total. The van der Waals surface area contributed by atoms with Crippen molar-refractivity contribution in [2.24, 2.45) is 0 Å². The fourth-order valence-electron chi connectivity index (χ4n) is 2.57. The predicted molar refractivity (Wildman–Crippen MR) is 79.4 cm³/mol. The minimum Gasteiger partial charge on any atom is -0.378 e. The third-order valence-electron chi connectivity index (χ3n) is 3.50. The number of hydrogen-bond donors (Lipinski definition) is 1. The van der Waals surface area contributed by atoms with Gasteiger partial charge >= 0.3 is 0 Å². The SMILES string of the molecule is COCc1nc(C(=O)N[C@@H]2CCc3nc(C)cn3C2)cs1. The van der Waals surface area contributed by atoms with Crippen molar-refractivity contribution in [1.29, 1.82) is 0 Å². The third-order valence-corrected chi connectivity index (χ3v) is 4.32. The number of nitrogens with zero attached hydrogens (tertiary/aromatic N) is 3. The molecule has 7 heteroatoms. The topological polar surface area (TPSA) is 69.0 Å². The van der Waals surface area contributed by atoms with Crippen molar-refractivity contribution in [1.82, 2.24) is 19.9 Å². The number of carbonyl (C=O) groups is 1. The first-order valence-corrected chi connectivity index (χ1v) is 7.80. The van der Waals surface area contributed by atoms with Crippen molar-refractivity contribution in [2.75, 3.05) is 7.11 Å². The van der Waals surface area contributed by atoms with E-state index in [4.69, 9.17) is 4.74 Å². The van der Waals surface area contributed by atoms with Crippen LogP contribution in [0.1, 0.15) is 33.4 Å². The van der Waals surface area contributed by atoms with Crippen LogP contribution >= 0.6 is 11.3 Å². The van der Waals surface area contributed by atoms with E-state index < -0.39 is 0 Å². The van der Waals surface area contributed by atoms with Crippen LogP contribution in [0.15, 0.2) is 11.6 Å². The lowest BCUT2D eigenvalue weighted by molar-refractivity contribution is 0.0922. The number of aromatic nitrogens is 3. The molecule has 21 heavy (non-hydrogen) atoms. The van der Waals surface area contributed by atoms with Crippen LogP contribution in [0.2, 0.25) is 0 Å². The van der Waals surface area contributed by atoms with Gasteiger partial charge < -0.3 is 14.6 Å². The van der Waals surface area contributed by atoms with E-state index in [2.05, 4.69) is 19.9 Å². The first kappa shape index (κ1) is 14.2. The van der Waals surface area contributed by atoms with Gasteiger partial charge in [-0.2, -0.15) is 0 Å². The van der Waals surface area contributed by atoms with Gasteiger partial charge in [0.2, 0.25) is 0 Å². The van der Waals surface area contributed by atoms with Crippen molar-refractivity contribution in [3.05, 3.63) is 33.8 Å². The highest BCUT2D eigenvalue weighted by Crippen LogP contribution is 2.16. The molecule has 1 N–H and O–H groups in total. The number of amides is 1. The molecule has 0 unspecified atom stereocenters. The summed E-state index contributed by atoms with van der Waals surface area (Å²) >= 11 is 1.44. The predicted octanol–water partition coefficient (Wildman–Crippen LogP) is 1.54. The highest BCUT2D eigenvalue weighted by atomic mass is 32.1. The van der Waals surface area contributed by atoms with Crippen molar-refractivity contribution < 1.29 is 9.53 Å². The second kappa shape index (κ2) is 5.95. The Morgan fingerprint density at radius 1 is 1.57 bits per heavy atom. The molecule has 0 fully saturated rings. The summed E-state index contributed by atoms with van der Waals surface area (Å²) in [5.74, 6) is 0.993. The summed E-state index contributed by atoms with van der Waals surface area (Å²) in [6.07, 6.45) is 3.84. The van der Waals surface area contributed by atoms with Gasteiger partial charge in [0.1, 0.15) is 16.5 Å². The van der Waals surface area contributed by atoms with Crippen LogP contribution in [0.5, 0.6) is 0 Å². The van der Waals surface area contributed by atoms with Gasteiger partial charge in [0.15, 0.2) is 0 Å². The largest absolute Gasteiger partial charge is 0.378 e. The lowest BCUT2D eigenvalue weighted by atomic mass is 10.1. The van der Waals surface area contributed by atoms with Gasteiger partial charge in [0.05, 0.1) is 12.3 Å². The Morgan fingerprint density at radius 3 is 3.24 bits per heavy atom. The van der Waals surface area contributed by atoms with Gasteiger partial charge in [-0.15, -0.1) is 11.3 Å². The lowest BCUT2D eigenvalue weighted by Crippen LogP contribution is -2.41. The quantitative estimate of drug-likeness (QED) is 0.930. The monoisotopic (exact) mass is 306 g/mol. The Hall–Kier alpha value is -1.73. The fraction of sp³-hybridized carbons (Fsp3) is 0.500. The van der Waals surface area contributed by atoms with Crippen LogP contribution in [0.25, 0.3) is 0 Å². The van der Waals surface area contributed by atoms with Gasteiger partial charge in [0.25, 0.3) is 5.91 Å². The molecule has 3 rings (SSSR count). The molecule has 1 aliphatic rings. The molecule has 1 amide bonds. The molecule has 2 aromatic heterocycles. The summed E-state index contributed by atoms with van der Waals surface area (Å²) in [5.41, 5.74) is 1.50. The van der Waals surface area contributed by atoms with Crippen molar-refractivity contribution >= 4 is 17.2 Å². The number of thiazole rings is 1. The molecule has 3 heterocycles. The third kappa shape index (κ3) is 3.14. The number of methoxy groups -OCH3 is 1. The maximum absolute atomic E-state index is 12.2. The number of imidazole rings is 1. The molecule has 0 saturated heterocycles. The average molecular weight is 306 g/mol. The van der Waals surface area contributed by atoms with Crippen LogP contribution in [-0.2, 0) is 24.3 Å². The second-order valence-electron chi connectivity index (χ2n) is 5.22. The maximum atomic E-state index is 12.2. The summed E-state index contributed by atoms with van der Waals surface area (Å²) in [6, 6.07) is 0.131. The van der Waals surface area contributed by atoms with E-state index in [-0.39, 0.29) is 11.9 Å². The summed E-state index contributed by atoms with van der Waals surface area (Å²) < 4.78 is 7.14. The molecular weight excluding hydrogens is 288 g/mol. The van der Waals surface area contributed by atoms with E-state index in [0.717, 1.165) is 35.9 Å². The molecular formula is C14H18N4O2S. The molecule has 1 atom stereocenters. The second-order valence-corrected chi connectivity index (χ2v) is 6.16. The molecule has 0 radical (unpaired) electrons. The van der Waals surface area contributed by atoms with Crippen LogP contribution in [0.3, 0.4) is 0 Å². The molecule has 0 aliphatic carbocycles. The summed E-state index contributed by atoms with van der Waals surface area (Å²) in [7, 11) is 1.62. The molecule has 112 valence electrons. The molecule has 0 aromatic carbocycles. The van der Waals surface area contributed by atoms with E-state index in [0.29, 0.717) is 12.3 Å². The zero-order chi connectivity index (χ0) is 14.8. The van der Waals surface area contributed by atoms with E-state index in [1.54, 1.807) is 12.5 Å². The van der Waals surface area contributed by atoms with Crippen LogP contribution < -0.4 is 5.32 Å². The highest BCUT2D eigenvalue weighted by Gasteiger charge is 2.22. The first-order chi connectivity index (χ1) is 10.2. The Balaban J connectivity index is 1.62. The number of ether oxygens (including phenoxy) is 1. The number of nitrogens with one attached hydrogen (secondary N) is 1. The number of hydrogen-bond acceptors (Lipinski definition) is 5. The van der Waals surface area contributed by atoms with E-state index in [9.17, 15) is 4.79 Å². The molecule has 0 saturated carbocycles. The molecule has 0 bridgehead atoms. The summed E-state index contributed by atoms with van der Waals surface area (Å²) in [6.45, 7) is 3.21. The van der Waals surface area contributed by atoms with Gasteiger partial charge in [-0.3, -0.25) is 4.79 Å². The molecule has 1 aliphatic heterocycles. The van der Waals surface area contributed by atoms with Gasteiger partial charge in [-0.25, -0.2) is 9.97 Å². The van der Waals surface area contributed by atoms with Gasteiger partial charge in [-0.05, 0) is 13.3 Å². The number of fused-ring (bicyclic) bond motifs is 1. The standard InChI is InChI=1S/C14H18N4O2S/c1-9-5-18-6-10(3-4-12(18)15-9)16-14(19)11-8-21-13(17-11)7-20-2/h5,8,10H,3-4,6-7H2,1-2H3,(H,16,19)/t10-/m1/s1. The maximum Gasteiger partial charge on any atom is 0.271 e. The van der Waals surface area contributed by atoms with Crippen LogP contribution in [-0.4, -0.2) is 33.6 Å². The Labute approximate surface area is 127 Å². The Bertz CT molecular complexity index is 649. The van der Waals surface area contributed by atoms with Crippen molar-refractivity contribution in [3.8, 4) is 0 Å². The zero-order valence-corrected chi connectivity index (χ0v) is 12.9. The first-order valence-electron chi connectivity index (χ1n) is 6.92. The van der Waals surface area contributed by atoms with Crippen LogP contribution in [0, 0.1) is 6.92 Å². The normalized spacial score (nSPS) is 17.5. The minimum absolute atomic E-state index is 0.112. The van der Waals surface area contributed by atoms with E-state index in [1.807, 2.05) is 13.1 Å². The highest BCUT2D eigenvalue weighted by molar-refractivity contribution is 7.09. The summed E-state index contributed by atoms with van der Waals surface area (Å²) in [4.78, 5) is 21.0. The zero-order valence-electron chi connectivity index (χ0n) is 12.1. The number of carbonyl (C=O) groups excluding carboxylic acids is 1. The van der Waals surface area contributed by atoms with E-state index >= 15 is 0 Å². The van der Waals surface area contributed by atoms with E-state index in [1.165, 1.54) is 11.3 Å². The average Bonchev–Trinajstić information content (AvgIpc) is 3.04. The van der Waals surface area contributed by atoms with Crippen LogP contribution in [0.4, 0.5) is 0 Å². The fourth-order valence-corrected chi connectivity index (χ4v) is 3.31. The smallest absolute Gasteiger partial charge is 0.271 e. The minimum atomic E-state index is -0.112. The number of aryl methyl sites for hydroxylation is 2. The van der Waals surface area contributed by atoms with Gasteiger partial charge in [0, 0.05) is 37.7 Å². The Kier molecular flexibility index (Phi) is 4.03. The summed E-state index contributed by atoms with van der Waals surface area (Å²) in [5, 5.41) is 5.65. The Morgan fingerprint density at radius 2 is 2.43 bits per heavy atom. The van der Waals surface area contributed by atoms with Crippen molar-refractivity contribution in [3.63, 3.8) is 0 Å². The lowest BCUT2D eigenvalue weighted by Gasteiger charge is -2.24. The molecule has 0 spiro atoms.